The number of benzene rings is 7. The highest BCUT2D eigenvalue weighted by atomic mass is 16.3. The number of para-hydroxylation sites is 1. The van der Waals surface area contributed by atoms with E-state index in [0.717, 1.165) is 11.1 Å². The molecule has 1 heterocycles. The van der Waals surface area contributed by atoms with E-state index in [1.54, 1.807) is 30.3 Å². The van der Waals surface area contributed by atoms with Crippen LogP contribution in [0.2, 0.25) is 0 Å². The van der Waals surface area contributed by atoms with Gasteiger partial charge in [-0.05, 0) is 73.1 Å². The second-order valence-electron chi connectivity index (χ2n) is 9.21. The van der Waals surface area contributed by atoms with Crippen molar-refractivity contribution in [1.29, 1.82) is 0 Å². The molecule has 7 aromatic carbocycles. The predicted molar refractivity (Wildman–Crippen MR) is 165 cm³/mol. The number of hydrogen-bond acceptors (Lipinski definition) is 1. The minimum atomic E-state index is -0.525. The van der Waals surface area contributed by atoms with Crippen LogP contribution in [0.3, 0.4) is 0 Å². The second kappa shape index (κ2) is 8.72. The smallest absolute Gasteiger partial charge is 0.135 e. The van der Waals surface area contributed by atoms with Crippen molar-refractivity contribution in [3.63, 3.8) is 0 Å². The van der Waals surface area contributed by atoms with Crippen molar-refractivity contribution in [2.75, 3.05) is 0 Å². The lowest BCUT2D eigenvalue weighted by Crippen LogP contribution is -1.91. The summed E-state index contributed by atoms with van der Waals surface area (Å²) in [4.78, 5) is 0. The van der Waals surface area contributed by atoms with Crippen molar-refractivity contribution in [1.82, 2.24) is 0 Å². The van der Waals surface area contributed by atoms with Gasteiger partial charge in [-0.15, -0.1) is 0 Å². The first kappa shape index (κ1) is 13.1. The minimum Gasteiger partial charge on any atom is -0.456 e. The molecule has 0 bridgehead atoms. The number of hydrogen-bond donors (Lipinski definition) is 0. The van der Waals surface area contributed by atoms with E-state index in [0.29, 0.717) is 16.5 Å². The largest absolute Gasteiger partial charge is 0.456 e. The molecule has 0 amide bonds. The van der Waals surface area contributed by atoms with E-state index in [2.05, 4.69) is 0 Å². The van der Waals surface area contributed by atoms with E-state index in [9.17, 15) is 5.48 Å². The van der Waals surface area contributed by atoms with Gasteiger partial charge in [0.25, 0.3) is 0 Å². The molecule has 0 unspecified atom stereocenters. The zero-order valence-corrected chi connectivity index (χ0v) is 20.3. The molecule has 0 spiro atoms. The standard InChI is InChI=1S/C38H24O/c1-2-10-25(11-3-1)26-18-20-27(21-19-26)37-30-13-4-6-15-32(30)38(33-16-7-5-14-31(33)37)28-22-23-36-34(24-28)29-12-8-9-17-35(29)39-36/h1-24H/i4D,5D,6D,7D,8D,9D,12D,13D,14D,15D,16D,17D. The molecule has 8 rings (SSSR count). The number of fused-ring (bicyclic) bond motifs is 5. The van der Waals surface area contributed by atoms with Crippen molar-refractivity contribution in [2.24, 2.45) is 0 Å². The summed E-state index contributed by atoms with van der Waals surface area (Å²) in [6, 6.07) is 16.4. The van der Waals surface area contributed by atoms with Gasteiger partial charge in [0.15, 0.2) is 0 Å². The van der Waals surface area contributed by atoms with Crippen LogP contribution in [0, 0.1) is 0 Å². The van der Waals surface area contributed by atoms with Gasteiger partial charge in [-0.3, -0.25) is 0 Å². The molecule has 8 aromatic rings. The van der Waals surface area contributed by atoms with Crippen molar-refractivity contribution in [3.8, 4) is 33.4 Å². The van der Waals surface area contributed by atoms with Crippen molar-refractivity contribution in [3.05, 3.63) is 145 Å². The quantitative estimate of drug-likeness (QED) is 0.216. The first-order chi connectivity index (χ1) is 24.3. The van der Waals surface area contributed by atoms with Gasteiger partial charge in [0.05, 0.1) is 16.4 Å². The molecule has 0 fully saturated rings. The van der Waals surface area contributed by atoms with Crippen LogP contribution in [0.25, 0.3) is 76.9 Å². The van der Waals surface area contributed by atoms with E-state index in [4.69, 9.17) is 15.4 Å². The van der Waals surface area contributed by atoms with Gasteiger partial charge in [-0.25, -0.2) is 0 Å². The SMILES string of the molecule is [2H]c1c([2H])c([2H])c2c(oc3ccc(-c4c5c([2H])c([2H])c([2H])c([2H])c5c(-c5ccc(-c6ccccc6)cc5)c5c([2H])c([2H])c([2H])c([2H])c45)cc32)c1[2H]. The molecule has 0 atom stereocenters. The molecule has 0 radical (unpaired) electrons. The molecule has 0 aliphatic heterocycles. The van der Waals surface area contributed by atoms with Crippen LogP contribution in [0.4, 0.5) is 0 Å². The summed E-state index contributed by atoms with van der Waals surface area (Å²) >= 11 is 0. The third kappa shape index (κ3) is 3.48. The van der Waals surface area contributed by atoms with E-state index in [-0.39, 0.29) is 73.4 Å². The molecule has 0 aliphatic carbocycles. The van der Waals surface area contributed by atoms with Crippen molar-refractivity contribution in [2.45, 2.75) is 0 Å². The molecule has 0 saturated heterocycles. The van der Waals surface area contributed by atoms with E-state index in [1.807, 2.05) is 42.5 Å². The first-order valence-corrected chi connectivity index (χ1v) is 12.4. The zero-order valence-electron chi connectivity index (χ0n) is 32.3. The molecule has 39 heavy (non-hydrogen) atoms. The van der Waals surface area contributed by atoms with Gasteiger partial charge in [0, 0.05) is 10.8 Å². The molecule has 182 valence electrons. The molecular weight excluding hydrogens is 472 g/mol. The highest BCUT2D eigenvalue weighted by Gasteiger charge is 2.17. The van der Waals surface area contributed by atoms with Gasteiger partial charge >= 0.3 is 0 Å². The molecule has 1 heteroatoms. The summed E-state index contributed by atoms with van der Waals surface area (Å²) in [6.45, 7) is 0. The lowest BCUT2D eigenvalue weighted by atomic mass is 9.85. The number of furan rings is 1. The molecule has 1 aromatic heterocycles. The van der Waals surface area contributed by atoms with Crippen molar-refractivity contribution >= 4 is 43.5 Å². The lowest BCUT2D eigenvalue weighted by Gasteiger charge is -2.18. The number of rotatable bonds is 3. The van der Waals surface area contributed by atoms with Gasteiger partial charge in [-0.1, -0.05) is 127 Å². The van der Waals surface area contributed by atoms with Gasteiger partial charge in [0.1, 0.15) is 11.2 Å². The minimum absolute atomic E-state index is 0.0368. The molecule has 0 N–H and O–H groups in total. The zero-order chi connectivity index (χ0) is 36.2. The average Bonchev–Trinajstić information content (AvgIpc) is 3.54. The predicted octanol–water partition coefficient (Wildman–Crippen LogP) is 10.9. The summed E-state index contributed by atoms with van der Waals surface area (Å²) in [6.07, 6.45) is 0. The summed E-state index contributed by atoms with van der Waals surface area (Å²) in [7, 11) is 0. The lowest BCUT2D eigenvalue weighted by molar-refractivity contribution is 0.669. The van der Waals surface area contributed by atoms with E-state index < -0.39 is 48.3 Å². The third-order valence-electron chi connectivity index (χ3n) is 7.06. The molecule has 1 nitrogen and oxygen atoms in total. The Morgan fingerprint density at radius 2 is 0.872 bits per heavy atom. The molecule has 0 aliphatic rings. The Bertz CT molecular complexity index is 2730. The maximum atomic E-state index is 9.19. The maximum Gasteiger partial charge on any atom is 0.135 e. The van der Waals surface area contributed by atoms with Crippen LogP contribution >= 0.6 is 0 Å². The maximum absolute atomic E-state index is 9.19. The normalized spacial score (nSPS) is 15.9. The Labute approximate surface area is 243 Å². The molecular formula is C38H24O. The van der Waals surface area contributed by atoms with Crippen LogP contribution in [0.1, 0.15) is 16.4 Å². The Hall–Kier alpha value is -5.14. The molecule has 0 saturated carbocycles. The van der Waals surface area contributed by atoms with Crippen LogP contribution in [-0.2, 0) is 0 Å². The Morgan fingerprint density at radius 3 is 1.51 bits per heavy atom. The Balaban J connectivity index is 1.58. The fourth-order valence-electron chi connectivity index (χ4n) is 5.31. The van der Waals surface area contributed by atoms with Gasteiger partial charge in [-0.2, -0.15) is 0 Å². The van der Waals surface area contributed by atoms with Crippen LogP contribution in [0.15, 0.2) is 150 Å². The third-order valence-corrected chi connectivity index (χ3v) is 7.06. The summed E-state index contributed by atoms with van der Waals surface area (Å²) in [5.41, 5.74) is 3.16. The Kier molecular flexibility index (Phi) is 2.92. The summed E-state index contributed by atoms with van der Waals surface area (Å²) in [5.74, 6) is 0. The average molecular weight is 509 g/mol. The van der Waals surface area contributed by atoms with Gasteiger partial charge < -0.3 is 4.42 Å². The van der Waals surface area contributed by atoms with Crippen LogP contribution in [-0.4, -0.2) is 0 Å². The van der Waals surface area contributed by atoms with Crippen molar-refractivity contribution < 1.29 is 20.9 Å². The highest BCUT2D eigenvalue weighted by Crippen LogP contribution is 2.44. The highest BCUT2D eigenvalue weighted by molar-refractivity contribution is 6.22. The van der Waals surface area contributed by atoms with Gasteiger partial charge in [0.2, 0.25) is 0 Å². The second-order valence-corrected chi connectivity index (χ2v) is 9.21. The van der Waals surface area contributed by atoms with E-state index >= 15 is 0 Å². The summed E-state index contributed by atoms with van der Waals surface area (Å²) in [5, 5.41) is 0.632. The Morgan fingerprint density at radius 1 is 0.385 bits per heavy atom. The van der Waals surface area contributed by atoms with Crippen LogP contribution < -0.4 is 0 Å². The van der Waals surface area contributed by atoms with E-state index in [1.165, 1.54) is 0 Å². The first-order valence-electron chi connectivity index (χ1n) is 18.4. The summed E-state index contributed by atoms with van der Waals surface area (Å²) < 4.78 is 111. The van der Waals surface area contributed by atoms with Crippen LogP contribution in [0.5, 0.6) is 0 Å². The topological polar surface area (TPSA) is 13.1 Å². The fraction of sp³-hybridized carbons (Fsp3) is 0. The fourth-order valence-corrected chi connectivity index (χ4v) is 5.31. The monoisotopic (exact) mass is 508 g/mol.